The summed E-state index contributed by atoms with van der Waals surface area (Å²) in [6.45, 7) is 7.14. The van der Waals surface area contributed by atoms with Gasteiger partial charge in [0.2, 0.25) is 0 Å². The summed E-state index contributed by atoms with van der Waals surface area (Å²) in [6, 6.07) is 0. The summed E-state index contributed by atoms with van der Waals surface area (Å²) in [5.74, 6) is 0.975. The van der Waals surface area contributed by atoms with Crippen LogP contribution in [-0.4, -0.2) is 0 Å². The summed E-state index contributed by atoms with van der Waals surface area (Å²) in [5, 5.41) is 0. The van der Waals surface area contributed by atoms with E-state index < -0.39 is 0 Å². The molecule has 0 N–H and O–H groups in total. The van der Waals surface area contributed by atoms with E-state index >= 15 is 0 Å². The van der Waals surface area contributed by atoms with Crippen LogP contribution in [-0.2, 0) is 0 Å². The van der Waals surface area contributed by atoms with Gasteiger partial charge in [-0.15, -0.1) is 0 Å². The molecule has 0 atom stereocenters. The van der Waals surface area contributed by atoms with Gasteiger partial charge in [0, 0.05) is 0 Å². The lowest BCUT2D eigenvalue weighted by Gasteiger charge is -2.36. The Bertz CT molecular complexity index is 205. The Balaban J connectivity index is 2.19. The second-order valence-corrected chi connectivity index (χ2v) is 5.40. The Hall–Kier alpha value is -0.260. The normalized spacial score (nSPS) is 23.8. The van der Waals surface area contributed by atoms with Gasteiger partial charge in [0.05, 0.1) is 0 Å². The summed E-state index contributed by atoms with van der Waals surface area (Å²) in [4.78, 5) is 0. The Morgan fingerprint density at radius 2 is 1.75 bits per heavy atom. The molecule has 0 aromatic heterocycles. The molecule has 0 heterocycles. The lowest BCUT2D eigenvalue weighted by atomic mass is 9.69. The Labute approximate surface area is 76.1 Å². The van der Waals surface area contributed by atoms with Crippen LogP contribution in [0.5, 0.6) is 0 Å². The van der Waals surface area contributed by atoms with Crippen molar-refractivity contribution in [2.45, 2.75) is 52.9 Å². The van der Waals surface area contributed by atoms with Crippen LogP contribution in [0.1, 0.15) is 52.9 Å². The largest absolute Gasteiger partial charge is 0.0696 e. The maximum Gasteiger partial charge on any atom is -0.0168 e. The van der Waals surface area contributed by atoms with Crippen LogP contribution >= 0.6 is 0 Å². The van der Waals surface area contributed by atoms with Gasteiger partial charge in [-0.3, -0.25) is 0 Å². The predicted octanol–water partition coefficient (Wildman–Crippen LogP) is 3.92. The van der Waals surface area contributed by atoms with Crippen LogP contribution < -0.4 is 0 Å². The molecule has 0 amide bonds. The zero-order chi connectivity index (χ0) is 8.77. The Kier molecular flexibility index (Phi) is 1.82. The molecule has 2 aliphatic rings. The predicted molar refractivity (Wildman–Crippen MR) is 53.1 cm³/mol. The van der Waals surface area contributed by atoms with Crippen molar-refractivity contribution < 1.29 is 0 Å². The van der Waals surface area contributed by atoms with Crippen molar-refractivity contribution in [3.63, 3.8) is 0 Å². The van der Waals surface area contributed by atoms with E-state index in [1.165, 1.54) is 32.1 Å². The molecule has 0 bridgehead atoms. The van der Waals surface area contributed by atoms with E-state index in [0.29, 0.717) is 5.41 Å². The van der Waals surface area contributed by atoms with Gasteiger partial charge in [0.25, 0.3) is 0 Å². The lowest BCUT2D eigenvalue weighted by molar-refractivity contribution is 0.304. The summed E-state index contributed by atoms with van der Waals surface area (Å²) < 4.78 is 0. The fraction of sp³-hybridized carbons (Fsp3) is 0.833. The van der Waals surface area contributed by atoms with Crippen molar-refractivity contribution in [2.24, 2.45) is 11.3 Å². The average Bonchev–Trinajstić information content (AvgIpc) is 2.55. The van der Waals surface area contributed by atoms with E-state index in [0.717, 1.165) is 5.92 Å². The van der Waals surface area contributed by atoms with Crippen molar-refractivity contribution >= 4 is 0 Å². The smallest absolute Gasteiger partial charge is 0.0168 e. The number of rotatable bonds is 1. The minimum absolute atomic E-state index is 0.455. The molecule has 2 saturated carbocycles. The first kappa shape index (κ1) is 8.34. The highest BCUT2D eigenvalue weighted by Crippen LogP contribution is 2.49. The maximum atomic E-state index is 2.38. The van der Waals surface area contributed by atoms with Crippen molar-refractivity contribution in [3.05, 3.63) is 11.1 Å². The van der Waals surface area contributed by atoms with Crippen molar-refractivity contribution in [2.75, 3.05) is 0 Å². The molecule has 0 nitrogen and oxygen atoms in total. The third kappa shape index (κ3) is 1.44. The lowest BCUT2D eigenvalue weighted by Crippen LogP contribution is -2.23. The highest BCUT2D eigenvalue weighted by atomic mass is 14.4. The molecule has 0 spiro atoms. The fourth-order valence-corrected chi connectivity index (χ4v) is 2.46. The first-order valence-corrected chi connectivity index (χ1v) is 5.31. The Morgan fingerprint density at radius 1 is 1.17 bits per heavy atom. The minimum Gasteiger partial charge on any atom is -0.0696 e. The van der Waals surface area contributed by atoms with Gasteiger partial charge in [-0.05, 0) is 37.0 Å². The van der Waals surface area contributed by atoms with Gasteiger partial charge in [0.1, 0.15) is 0 Å². The Morgan fingerprint density at radius 3 is 2.00 bits per heavy atom. The molecule has 0 saturated heterocycles. The third-order valence-electron chi connectivity index (χ3n) is 3.20. The number of hydrogen-bond acceptors (Lipinski definition) is 0. The highest BCUT2D eigenvalue weighted by molar-refractivity contribution is 5.32. The molecule has 0 unspecified atom stereocenters. The number of allylic oxidation sites excluding steroid dienone is 2. The molecule has 0 aliphatic heterocycles. The summed E-state index contributed by atoms with van der Waals surface area (Å²) in [7, 11) is 0. The molecule has 12 heavy (non-hydrogen) atoms. The van der Waals surface area contributed by atoms with Gasteiger partial charge >= 0.3 is 0 Å². The van der Waals surface area contributed by atoms with Crippen LogP contribution in [0.25, 0.3) is 0 Å². The molecule has 0 radical (unpaired) electrons. The van der Waals surface area contributed by atoms with Crippen LogP contribution in [0.4, 0.5) is 0 Å². The summed E-state index contributed by atoms with van der Waals surface area (Å²) in [5.41, 5.74) is 4.08. The first-order chi connectivity index (χ1) is 5.59. The highest BCUT2D eigenvalue weighted by Gasteiger charge is 2.34. The van der Waals surface area contributed by atoms with Crippen LogP contribution in [0, 0.1) is 11.3 Å². The molecule has 2 aliphatic carbocycles. The molecular weight excluding hydrogens is 144 g/mol. The van der Waals surface area contributed by atoms with Crippen LogP contribution in [0.2, 0.25) is 0 Å². The SMILES string of the molecule is CC(C)(C)C(=C1CC1)C1CCC1. The standard InChI is InChI=1S/C12H20/c1-12(2,3)11(10-7-8-10)9-5-4-6-9/h9H,4-8H2,1-3H3. The fourth-order valence-electron chi connectivity index (χ4n) is 2.46. The van der Waals surface area contributed by atoms with E-state index in [4.69, 9.17) is 0 Å². The topological polar surface area (TPSA) is 0 Å². The van der Waals surface area contributed by atoms with E-state index in [1.54, 1.807) is 5.57 Å². The zero-order valence-electron chi connectivity index (χ0n) is 8.61. The molecule has 68 valence electrons. The van der Waals surface area contributed by atoms with E-state index in [1.807, 2.05) is 5.57 Å². The van der Waals surface area contributed by atoms with Gasteiger partial charge < -0.3 is 0 Å². The van der Waals surface area contributed by atoms with E-state index in [-0.39, 0.29) is 0 Å². The van der Waals surface area contributed by atoms with Gasteiger partial charge in [-0.25, -0.2) is 0 Å². The maximum absolute atomic E-state index is 2.38. The average molecular weight is 164 g/mol. The summed E-state index contributed by atoms with van der Waals surface area (Å²) >= 11 is 0. The van der Waals surface area contributed by atoms with E-state index in [2.05, 4.69) is 20.8 Å². The second kappa shape index (κ2) is 2.61. The molecule has 2 rings (SSSR count). The second-order valence-electron chi connectivity index (χ2n) is 5.40. The molecule has 0 aromatic carbocycles. The molecule has 0 aromatic rings. The van der Waals surface area contributed by atoms with Gasteiger partial charge in [0.15, 0.2) is 0 Å². The van der Waals surface area contributed by atoms with Crippen molar-refractivity contribution in [1.29, 1.82) is 0 Å². The molecule has 0 heteroatoms. The van der Waals surface area contributed by atoms with Crippen molar-refractivity contribution in [1.82, 2.24) is 0 Å². The monoisotopic (exact) mass is 164 g/mol. The summed E-state index contributed by atoms with van der Waals surface area (Å²) in [6.07, 6.45) is 7.22. The van der Waals surface area contributed by atoms with Crippen LogP contribution in [0.15, 0.2) is 11.1 Å². The molecule has 2 fully saturated rings. The quantitative estimate of drug-likeness (QED) is 0.515. The third-order valence-corrected chi connectivity index (χ3v) is 3.20. The molecular formula is C12H20. The van der Waals surface area contributed by atoms with Gasteiger partial charge in [-0.1, -0.05) is 38.3 Å². The first-order valence-electron chi connectivity index (χ1n) is 5.31. The van der Waals surface area contributed by atoms with Gasteiger partial charge in [-0.2, -0.15) is 0 Å². The minimum atomic E-state index is 0.455. The van der Waals surface area contributed by atoms with E-state index in [9.17, 15) is 0 Å². The zero-order valence-corrected chi connectivity index (χ0v) is 8.61. The van der Waals surface area contributed by atoms with Crippen LogP contribution in [0.3, 0.4) is 0 Å². The number of hydrogen-bond donors (Lipinski definition) is 0. The van der Waals surface area contributed by atoms with Crippen molar-refractivity contribution in [3.8, 4) is 0 Å².